The van der Waals surface area contributed by atoms with Gasteiger partial charge in [0.2, 0.25) is 5.88 Å². The molecular weight excluding hydrogens is 242 g/mol. The van der Waals surface area contributed by atoms with Gasteiger partial charge in [-0.2, -0.15) is 0 Å². The summed E-state index contributed by atoms with van der Waals surface area (Å²) >= 11 is 0. The van der Waals surface area contributed by atoms with Crippen LogP contribution in [0.25, 0.3) is 0 Å². The van der Waals surface area contributed by atoms with Crippen LogP contribution in [0.3, 0.4) is 0 Å². The molecule has 1 saturated heterocycles. The minimum absolute atomic E-state index is 0.581. The second-order valence-corrected chi connectivity index (χ2v) is 5.09. The smallest absolute Gasteiger partial charge is 0.219 e. The van der Waals surface area contributed by atoms with Crippen molar-refractivity contribution in [2.75, 3.05) is 32.9 Å². The van der Waals surface area contributed by atoms with E-state index in [-0.39, 0.29) is 0 Å². The van der Waals surface area contributed by atoms with Gasteiger partial charge in [0, 0.05) is 37.7 Å². The molecule has 3 rings (SSSR count). The Morgan fingerprint density at radius 3 is 3.05 bits per heavy atom. The van der Waals surface area contributed by atoms with E-state index in [1.807, 2.05) is 6.92 Å². The monoisotopic (exact) mass is 263 g/mol. The van der Waals surface area contributed by atoms with Gasteiger partial charge in [-0.1, -0.05) is 0 Å². The summed E-state index contributed by atoms with van der Waals surface area (Å²) in [6, 6.07) is 0.581. The Kier molecular flexibility index (Phi) is 3.94. The summed E-state index contributed by atoms with van der Waals surface area (Å²) in [7, 11) is 0. The molecule has 2 aliphatic heterocycles. The summed E-state index contributed by atoms with van der Waals surface area (Å²) in [4.78, 5) is 11.2. The molecule has 0 amide bonds. The molecule has 5 nitrogen and oxygen atoms in total. The van der Waals surface area contributed by atoms with Gasteiger partial charge >= 0.3 is 0 Å². The maximum atomic E-state index is 5.63. The van der Waals surface area contributed by atoms with E-state index < -0.39 is 0 Å². The molecule has 0 aromatic carbocycles. The van der Waals surface area contributed by atoms with Crippen molar-refractivity contribution in [1.29, 1.82) is 0 Å². The predicted octanol–water partition coefficient (Wildman–Crippen LogP) is 1.06. The van der Waals surface area contributed by atoms with Crippen molar-refractivity contribution >= 4 is 0 Å². The topological polar surface area (TPSA) is 47.5 Å². The van der Waals surface area contributed by atoms with E-state index in [0.717, 1.165) is 57.1 Å². The predicted molar refractivity (Wildman–Crippen MR) is 71.4 cm³/mol. The lowest BCUT2D eigenvalue weighted by Crippen LogP contribution is -2.37. The zero-order valence-corrected chi connectivity index (χ0v) is 11.5. The van der Waals surface area contributed by atoms with E-state index in [2.05, 4.69) is 14.9 Å². The van der Waals surface area contributed by atoms with Gasteiger partial charge in [-0.3, -0.25) is 4.90 Å². The van der Waals surface area contributed by atoms with E-state index in [9.17, 15) is 0 Å². The van der Waals surface area contributed by atoms with Crippen LogP contribution < -0.4 is 4.74 Å². The third-order valence-electron chi connectivity index (χ3n) is 3.98. The fraction of sp³-hybridized carbons (Fsp3) is 0.714. The van der Waals surface area contributed by atoms with Crippen molar-refractivity contribution < 1.29 is 9.47 Å². The van der Waals surface area contributed by atoms with Gasteiger partial charge in [-0.05, 0) is 19.8 Å². The van der Waals surface area contributed by atoms with Crippen LogP contribution in [0.2, 0.25) is 0 Å². The lowest BCUT2D eigenvalue weighted by atomic mass is 10.1. The highest BCUT2D eigenvalue weighted by Crippen LogP contribution is 2.24. The van der Waals surface area contributed by atoms with E-state index in [0.29, 0.717) is 12.6 Å². The SMILES string of the molecule is CCOc1ncnc2c1CCN([C@H]1CCOC1)CC2. The average Bonchev–Trinajstić information content (AvgIpc) is 2.86. The molecule has 0 N–H and O–H groups in total. The summed E-state index contributed by atoms with van der Waals surface area (Å²) in [5.74, 6) is 0.775. The highest BCUT2D eigenvalue weighted by Gasteiger charge is 2.26. The lowest BCUT2D eigenvalue weighted by molar-refractivity contribution is 0.146. The quantitative estimate of drug-likeness (QED) is 0.816. The van der Waals surface area contributed by atoms with Crippen molar-refractivity contribution in [1.82, 2.24) is 14.9 Å². The maximum Gasteiger partial charge on any atom is 0.219 e. The Morgan fingerprint density at radius 2 is 2.26 bits per heavy atom. The van der Waals surface area contributed by atoms with Gasteiger partial charge < -0.3 is 9.47 Å². The number of rotatable bonds is 3. The summed E-state index contributed by atoms with van der Waals surface area (Å²) in [6.45, 7) is 6.54. The Morgan fingerprint density at radius 1 is 1.37 bits per heavy atom. The Labute approximate surface area is 113 Å². The molecular formula is C14H21N3O2. The summed E-state index contributed by atoms with van der Waals surface area (Å²) in [5.41, 5.74) is 2.35. The molecule has 5 heteroatoms. The summed E-state index contributed by atoms with van der Waals surface area (Å²) in [6.07, 6.45) is 4.73. The van der Waals surface area contributed by atoms with E-state index >= 15 is 0 Å². The Hall–Kier alpha value is -1.20. The molecule has 1 atom stereocenters. The molecule has 1 fully saturated rings. The van der Waals surface area contributed by atoms with Crippen LogP contribution in [0.1, 0.15) is 24.6 Å². The highest BCUT2D eigenvalue weighted by atomic mass is 16.5. The summed E-state index contributed by atoms with van der Waals surface area (Å²) < 4.78 is 11.1. The van der Waals surface area contributed by atoms with Crippen LogP contribution in [0.4, 0.5) is 0 Å². The lowest BCUT2D eigenvalue weighted by Gasteiger charge is -2.25. The largest absolute Gasteiger partial charge is 0.478 e. The zero-order valence-electron chi connectivity index (χ0n) is 11.5. The second-order valence-electron chi connectivity index (χ2n) is 5.09. The first-order chi connectivity index (χ1) is 9.38. The standard InChI is InChI=1S/C14H21N3O2/c1-2-19-14-12-3-6-17(11-5-8-18-9-11)7-4-13(12)15-10-16-14/h10-11H,2-9H2,1H3/t11-/m0/s1. The van der Waals surface area contributed by atoms with Crippen molar-refractivity contribution in [3.8, 4) is 5.88 Å². The fourth-order valence-corrected chi connectivity index (χ4v) is 2.95. The third-order valence-corrected chi connectivity index (χ3v) is 3.98. The average molecular weight is 263 g/mol. The van der Waals surface area contributed by atoms with E-state index in [1.165, 1.54) is 5.56 Å². The Bertz CT molecular complexity index is 433. The molecule has 0 spiro atoms. The van der Waals surface area contributed by atoms with E-state index in [4.69, 9.17) is 9.47 Å². The van der Waals surface area contributed by atoms with Gasteiger partial charge in [0.25, 0.3) is 0 Å². The van der Waals surface area contributed by atoms with Crippen LogP contribution in [0, 0.1) is 0 Å². The molecule has 3 heterocycles. The molecule has 104 valence electrons. The highest BCUT2D eigenvalue weighted by molar-refractivity contribution is 5.31. The van der Waals surface area contributed by atoms with Gasteiger partial charge in [0.05, 0.1) is 18.9 Å². The van der Waals surface area contributed by atoms with Crippen LogP contribution in [-0.2, 0) is 17.6 Å². The molecule has 0 unspecified atom stereocenters. The summed E-state index contributed by atoms with van der Waals surface area (Å²) in [5, 5.41) is 0. The van der Waals surface area contributed by atoms with Crippen LogP contribution in [-0.4, -0.2) is 53.8 Å². The van der Waals surface area contributed by atoms with Gasteiger partial charge in [0.15, 0.2) is 0 Å². The number of hydrogen-bond acceptors (Lipinski definition) is 5. The number of hydrogen-bond donors (Lipinski definition) is 0. The molecule has 0 saturated carbocycles. The Balaban J connectivity index is 1.75. The van der Waals surface area contributed by atoms with Gasteiger partial charge in [0.1, 0.15) is 6.33 Å². The molecule has 1 aromatic rings. The molecule has 1 aromatic heterocycles. The van der Waals surface area contributed by atoms with Crippen LogP contribution in [0.15, 0.2) is 6.33 Å². The number of ether oxygens (including phenoxy) is 2. The number of fused-ring (bicyclic) bond motifs is 1. The minimum Gasteiger partial charge on any atom is -0.478 e. The number of nitrogens with zero attached hydrogens (tertiary/aromatic N) is 3. The molecule has 0 bridgehead atoms. The fourth-order valence-electron chi connectivity index (χ4n) is 2.95. The first kappa shape index (κ1) is 12.8. The molecule has 0 radical (unpaired) electrons. The van der Waals surface area contributed by atoms with Crippen molar-refractivity contribution in [2.45, 2.75) is 32.2 Å². The first-order valence-electron chi connectivity index (χ1n) is 7.16. The second kappa shape index (κ2) is 5.84. The maximum absolute atomic E-state index is 5.63. The zero-order chi connectivity index (χ0) is 13.1. The third kappa shape index (κ3) is 2.72. The van der Waals surface area contributed by atoms with E-state index in [1.54, 1.807) is 6.33 Å². The van der Waals surface area contributed by atoms with Gasteiger partial charge in [-0.25, -0.2) is 9.97 Å². The normalized spacial score (nSPS) is 23.9. The molecule has 2 aliphatic rings. The minimum atomic E-state index is 0.581. The van der Waals surface area contributed by atoms with Gasteiger partial charge in [-0.15, -0.1) is 0 Å². The molecule has 0 aliphatic carbocycles. The first-order valence-corrected chi connectivity index (χ1v) is 7.16. The van der Waals surface area contributed by atoms with Crippen LogP contribution >= 0.6 is 0 Å². The number of aromatic nitrogens is 2. The van der Waals surface area contributed by atoms with Crippen LogP contribution in [0.5, 0.6) is 5.88 Å². The van der Waals surface area contributed by atoms with Crippen molar-refractivity contribution in [3.05, 3.63) is 17.6 Å². The molecule has 19 heavy (non-hydrogen) atoms. The van der Waals surface area contributed by atoms with Crippen molar-refractivity contribution in [3.63, 3.8) is 0 Å². The van der Waals surface area contributed by atoms with Crippen molar-refractivity contribution in [2.24, 2.45) is 0 Å².